The van der Waals surface area contributed by atoms with E-state index >= 15 is 0 Å². The minimum atomic E-state index is -1.08. The van der Waals surface area contributed by atoms with Crippen LogP contribution in [0.25, 0.3) is 0 Å². The first kappa shape index (κ1) is 8.81. The summed E-state index contributed by atoms with van der Waals surface area (Å²) >= 11 is 5.36. The van der Waals surface area contributed by atoms with Gasteiger partial charge < -0.3 is 9.90 Å². The normalized spacial score (nSPS) is 23.0. The van der Waals surface area contributed by atoms with Crippen molar-refractivity contribution in [2.24, 2.45) is 0 Å². The minimum absolute atomic E-state index is 0.582. The van der Waals surface area contributed by atoms with Crippen LogP contribution in [0.1, 0.15) is 32.1 Å². The molecule has 1 saturated carbocycles. The van der Waals surface area contributed by atoms with Crippen molar-refractivity contribution < 1.29 is 9.90 Å². The van der Waals surface area contributed by atoms with Crippen molar-refractivity contribution in [3.63, 3.8) is 0 Å². The molecule has 0 unspecified atom stereocenters. The second-order valence-corrected chi connectivity index (χ2v) is 3.21. The molecule has 1 fully saturated rings. The summed E-state index contributed by atoms with van der Waals surface area (Å²) in [6.45, 7) is 0. The Bertz CT molecular complexity index is 155. The zero-order valence-corrected chi connectivity index (χ0v) is 6.99. The monoisotopic (exact) mass is 176 g/mol. The van der Waals surface area contributed by atoms with Crippen molar-refractivity contribution in [2.45, 2.75) is 37.6 Å². The van der Waals surface area contributed by atoms with E-state index in [-0.39, 0.29) is 0 Å². The van der Waals surface area contributed by atoms with E-state index in [1.807, 2.05) is 0 Å². The van der Waals surface area contributed by atoms with Gasteiger partial charge in [-0.25, -0.2) is 4.84 Å². The molecule has 1 rings (SSSR count). The molecule has 11 heavy (non-hydrogen) atoms. The molecular weight excluding hydrogens is 166 g/mol. The second-order valence-electron chi connectivity index (χ2n) is 3.02. The quantitative estimate of drug-likeness (QED) is 0.611. The average molecular weight is 177 g/mol. The van der Waals surface area contributed by atoms with Crippen LogP contribution < -0.4 is 9.94 Å². The SMILES string of the molecule is O=C([O-])C1(NCl)CCCCC1. The molecule has 0 bridgehead atoms. The molecule has 0 atom stereocenters. The largest absolute Gasteiger partial charge is 0.548 e. The number of hydrogen-bond acceptors (Lipinski definition) is 3. The topological polar surface area (TPSA) is 52.2 Å². The molecule has 3 nitrogen and oxygen atoms in total. The summed E-state index contributed by atoms with van der Waals surface area (Å²) in [7, 11) is 0. The molecule has 1 N–H and O–H groups in total. The minimum Gasteiger partial charge on any atom is -0.548 e. The summed E-state index contributed by atoms with van der Waals surface area (Å²) in [6, 6.07) is 0. The standard InChI is InChI=1S/C7H12ClNO2/c8-9-7(6(10)11)4-2-1-3-5-7/h9H,1-5H2,(H,10,11)/p-1. The molecule has 0 radical (unpaired) electrons. The zero-order valence-electron chi connectivity index (χ0n) is 6.23. The van der Waals surface area contributed by atoms with Crippen molar-refractivity contribution in [3.8, 4) is 0 Å². The molecule has 1 aliphatic rings. The maximum atomic E-state index is 10.6. The number of hydrogen-bond donors (Lipinski definition) is 1. The van der Waals surface area contributed by atoms with Gasteiger partial charge in [0, 0.05) is 0 Å². The summed E-state index contributed by atoms with van der Waals surface area (Å²) in [5.41, 5.74) is -0.959. The van der Waals surface area contributed by atoms with Gasteiger partial charge in [-0.05, 0) is 24.6 Å². The molecule has 0 heterocycles. The number of carboxylic acid groups (broad SMARTS) is 1. The number of nitrogens with one attached hydrogen (secondary N) is 1. The summed E-state index contributed by atoms with van der Waals surface area (Å²) in [5.74, 6) is -1.08. The van der Waals surface area contributed by atoms with Crippen LogP contribution in [-0.4, -0.2) is 11.5 Å². The van der Waals surface area contributed by atoms with Crippen LogP contribution >= 0.6 is 11.8 Å². The maximum Gasteiger partial charge on any atom is 0.0724 e. The maximum absolute atomic E-state index is 10.6. The van der Waals surface area contributed by atoms with Crippen molar-refractivity contribution in [1.82, 2.24) is 4.84 Å². The van der Waals surface area contributed by atoms with E-state index in [0.29, 0.717) is 12.8 Å². The smallest absolute Gasteiger partial charge is 0.0724 e. The van der Waals surface area contributed by atoms with E-state index in [4.69, 9.17) is 11.8 Å². The molecule has 0 aromatic rings. The lowest BCUT2D eigenvalue weighted by molar-refractivity contribution is -0.314. The van der Waals surface area contributed by atoms with Gasteiger partial charge in [0.05, 0.1) is 11.5 Å². The highest BCUT2D eigenvalue weighted by Gasteiger charge is 2.32. The molecular formula is C7H11ClNO2-. The third kappa shape index (κ3) is 1.65. The number of carbonyl (C=O) groups excluding carboxylic acids is 1. The first-order valence-electron chi connectivity index (χ1n) is 3.80. The number of carboxylic acids is 1. The summed E-state index contributed by atoms with van der Waals surface area (Å²) in [4.78, 5) is 13.0. The number of halogens is 1. The van der Waals surface area contributed by atoms with Gasteiger partial charge >= 0.3 is 0 Å². The highest BCUT2D eigenvalue weighted by atomic mass is 35.5. The molecule has 64 valence electrons. The number of rotatable bonds is 2. The first-order chi connectivity index (χ1) is 5.21. The third-order valence-corrected chi connectivity index (χ3v) is 2.64. The summed E-state index contributed by atoms with van der Waals surface area (Å²) < 4.78 is 0. The Labute approximate surface area is 70.8 Å². The lowest BCUT2D eigenvalue weighted by Gasteiger charge is -2.36. The Hall–Kier alpha value is -0.280. The Kier molecular flexibility index (Phi) is 2.73. The van der Waals surface area contributed by atoms with Gasteiger partial charge in [0.2, 0.25) is 0 Å². The predicted molar refractivity (Wildman–Crippen MR) is 39.8 cm³/mol. The Morgan fingerprint density at radius 3 is 2.18 bits per heavy atom. The van der Waals surface area contributed by atoms with Crippen molar-refractivity contribution in [2.75, 3.05) is 0 Å². The zero-order chi connectivity index (χ0) is 8.32. The van der Waals surface area contributed by atoms with Gasteiger partial charge in [0.15, 0.2) is 0 Å². The van der Waals surface area contributed by atoms with Gasteiger partial charge in [-0.2, -0.15) is 0 Å². The molecule has 0 spiro atoms. The third-order valence-electron chi connectivity index (χ3n) is 2.28. The van der Waals surface area contributed by atoms with Crippen LogP contribution in [0.5, 0.6) is 0 Å². The van der Waals surface area contributed by atoms with Crippen LogP contribution in [0.4, 0.5) is 0 Å². The fourth-order valence-corrected chi connectivity index (χ4v) is 1.76. The fraction of sp³-hybridized carbons (Fsp3) is 0.857. The van der Waals surface area contributed by atoms with Gasteiger partial charge in [-0.3, -0.25) is 0 Å². The van der Waals surface area contributed by atoms with Gasteiger partial charge in [0.1, 0.15) is 0 Å². The van der Waals surface area contributed by atoms with Gasteiger partial charge in [-0.1, -0.05) is 19.3 Å². The van der Waals surface area contributed by atoms with Crippen molar-refractivity contribution in [1.29, 1.82) is 0 Å². The van der Waals surface area contributed by atoms with Crippen LogP contribution in [-0.2, 0) is 4.79 Å². The van der Waals surface area contributed by atoms with Crippen LogP contribution in [0.3, 0.4) is 0 Å². The highest BCUT2D eigenvalue weighted by Crippen LogP contribution is 2.27. The van der Waals surface area contributed by atoms with Crippen molar-refractivity contribution in [3.05, 3.63) is 0 Å². The highest BCUT2D eigenvalue weighted by molar-refractivity contribution is 6.15. The fourth-order valence-electron chi connectivity index (χ4n) is 1.49. The average Bonchev–Trinajstić information content (AvgIpc) is 2.05. The predicted octanol–water partition coefficient (Wildman–Crippen LogP) is 0.183. The molecule has 4 heteroatoms. The van der Waals surface area contributed by atoms with E-state index in [9.17, 15) is 9.90 Å². The van der Waals surface area contributed by atoms with E-state index in [0.717, 1.165) is 19.3 Å². The first-order valence-corrected chi connectivity index (χ1v) is 4.18. The number of carbonyl (C=O) groups is 1. The second kappa shape index (κ2) is 3.41. The van der Waals surface area contributed by atoms with E-state index in [1.165, 1.54) is 0 Å². The molecule has 0 aromatic heterocycles. The lowest BCUT2D eigenvalue weighted by atomic mass is 9.83. The van der Waals surface area contributed by atoms with E-state index < -0.39 is 11.5 Å². The number of aliphatic carboxylic acids is 1. The summed E-state index contributed by atoms with van der Waals surface area (Å²) in [5, 5.41) is 10.6. The molecule has 0 aliphatic heterocycles. The van der Waals surface area contributed by atoms with Crippen molar-refractivity contribution >= 4 is 17.7 Å². The Morgan fingerprint density at radius 2 is 1.91 bits per heavy atom. The van der Waals surface area contributed by atoms with Crippen LogP contribution in [0.15, 0.2) is 0 Å². The van der Waals surface area contributed by atoms with Crippen LogP contribution in [0, 0.1) is 0 Å². The Morgan fingerprint density at radius 1 is 1.36 bits per heavy atom. The molecule has 0 saturated heterocycles. The van der Waals surface area contributed by atoms with E-state index in [2.05, 4.69) is 4.84 Å². The van der Waals surface area contributed by atoms with Gasteiger partial charge in [-0.15, -0.1) is 0 Å². The molecule has 1 aliphatic carbocycles. The summed E-state index contributed by atoms with van der Waals surface area (Å²) in [6.07, 6.45) is 4.08. The molecule has 0 amide bonds. The van der Waals surface area contributed by atoms with E-state index in [1.54, 1.807) is 0 Å². The van der Waals surface area contributed by atoms with Crippen LogP contribution in [0.2, 0.25) is 0 Å². The lowest BCUT2D eigenvalue weighted by Crippen LogP contribution is -2.56. The van der Waals surface area contributed by atoms with Gasteiger partial charge in [0.25, 0.3) is 0 Å². The Balaban J connectivity index is 2.64. The molecule has 0 aromatic carbocycles.